The molecule has 2 aromatic rings. The molecule has 4 rings (SSSR count). The average Bonchev–Trinajstić information content (AvgIpc) is 2.91. The Bertz CT molecular complexity index is 1130. The fourth-order valence-electron chi connectivity index (χ4n) is 4.66. The summed E-state index contributed by atoms with van der Waals surface area (Å²) in [5, 5.41) is 49.9. The number of hydrogen-bond donors (Lipinski definition) is 2. The molecule has 0 aliphatic carbocycles. The number of rotatable bonds is 8. The molecular weight excluding hydrogens is 575 g/mol. The zero-order valence-electron chi connectivity index (χ0n) is 23.1. The van der Waals surface area contributed by atoms with Gasteiger partial charge in [-0.2, -0.15) is 0 Å². The maximum absolute atomic E-state index is 10.7. The van der Waals surface area contributed by atoms with Crippen LogP contribution in [0.25, 0.3) is 10.6 Å². The van der Waals surface area contributed by atoms with Crippen LogP contribution in [0.2, 0.25) is 0 Å². The molecule has 4 unspecified atom stereocenters. The van der Waals surface area contributed by atoms with Gasteiger partial charge in [-0.25, -0.2) is 0 Å². The molecule has 12 nitrogen and oxygen atoms in total. The third-order valence-electron chi connectivity index (χ3n) is 6.79. The molecular formula is C28H36N6NiO6. The van der Waals surface area contributed by atoms with Gasteiger partial charge < -0.3 is 20.8 Å². The smallest absolute Gasteiger partial charge is 0.655 e. The fraction of sp³-hybridized carbons (Fsp3) is 0.500. The van der Waals surface area contributed by atoms with Crippen LogP contribution in [0.3, 0.4) is 0 Å². The van der Waals surface area contributed by atoms with Crippen molar-refractivity contribution in [2.45, 2.75) is 76.5 Å². The summed E-state index contributed by atoms with van der Waals surface area (Å²) in [5.74, 6) is -0.0124. The number of aliphatic imine (C=N–C) groups is 2. The third kappa shape index (κ3) is 11.2. The summed E-state index contributed by atoms with van der Waals surface area (Å²) in [4.78, 5) is 28.9. The van der Waals surface area contributed by atoms with E-state index in [4.69, 9.17) is 0 Å². The number of phenols is 2. The minimum Gasteiger partial charge on any atom is -0.655 e. The first kappa shape index (κ1) is 33.8. The van der Waals surface area contributed by atoms with Gasteiger partial charge in [-0.3, -0.25) is 30.2 Å². The van der Waals surface area contributed by atoms with E-state index >= 15 is 0 Å². The van der Waals surface area contributed by atoms with E-state index in [2.05, 4.69) is 34.5 Å². The van der Waals surface area contributed by atoms with E-state index in [1.54, 1.807) is 0 Å². The minimum absolute atomic E-state index is 0. The fourth-order valence-corrected chi connectivity index (χ4v) is 4.66. The number of nitrogens with zero attached hydrogens (tertiary/aromatic N) is 6. The minimum atomic E-state index is -0.491. The summed E-state index contributed by atoms with van der Waals surface area (Å²) in [6.07, 6.45) is 9.61. The molecule has 4 atom stereocenters. The van der Waals surface area contributed by atoms with Gasteiger partial charge in [0.1, 0.15) is 11.5 Å². The van der Waals surface area contributed by atoms with Crippen molar-refractivity contribution in [1.82, 2.24) is 0 Å². The number of hydrogen-bond acceptors (Lipinski definition) is 8. The Morgan fingerprint density at radius 3 is 1.51 bits per heavy atom. The Kier molecular flexibility index (Phi) is 13.8. The van der Waals surface area contributed by atoms with E-state index < -0.39 is 9.85 Å². The van der Waals surface area contributed by atoms with Crippen LogP contribution in [0.4, 0.5) is 11.4 Å². The molecule has 0 bridgehead atoms. The quantitative estimate of drug-likeness (QED) is 0.158. The summed E-state index contributed by atoms with van der Waals surface area (Å²) < 4.78 is 0. The van der Waals surface area contributed by atoms with Gasteiger partial charge in [-0.1, -0.05) is 52.4 Å². The van der Waals surface area contributed by atoms with Crippen LogP contribution in [0, 0.1) is 20.2 Å². The molecule has 0 aromatic heterocycles. The Labute approximate surface area is 249 Å². The van der Waals surface area contributed by atoms with Crippen molar-refractivity contribution < 1.29 is 36.6 Å². The maximum Gasteiger partial charge on any atom is 2.00 e. The van der Waals surface area contributed by atoms with Crippen molar-refractivity contribution in [3.05, 3.63) is 78.4 Å². The van der Waals surface area contributed by atoms with E-state index in [9.17, 15) is 30.4 Å². The molecule has 13 heteroatoms. The first-order chi connectivity index (χ1) is 19.1. The summed E-state index contributed by atoms with van der Waals surface area (Å²) >= 11 is 0. The van der Waals surface area contributed by atoms with Crippen molar-refractivity contribution in [2.24, 2.45) is 9.98 Å². The molecule has 2 aliphatic heterocycles. The van der Waals surface area contributed by atoms with E-state index in [0.29, 0.717) is 36.3 Å². The van der Waals surface area contributed by atoms with Gasteiger partial charge in [0, 0.05) is 60.9 Å². The van der Waals surface area contributed by atoms with Gasteiger partial charge in [0.2, 0.25) is 0 Å². The van der Waals surface area contributed by atoms with Crippen LogP contribution < -0.4 is 0 Å². The Morgan fingerprint density at radius 2 is 1.17 bits per heavy atom. The van der Waals surface area contributed by atoms with Crippen LogP contribution in [0.5, 0.6) is 11.5 Å². The number of nitro benzene ring substituents is 2. The van der Waals surface area contributed by atoms with Gasteiger partial charge in [-0.15, -0.1) is 24.2 Å². The second kappa shape index (κ2) is 16.8. The zero-order valence-corrected chi connectivity index (χ0v) is 24.1. The average molecular weight is 611 g/mol. The monoisotopic (exact) mass is 610 g/mol. The largest absolute Gasteiger partial charge is 2.00 e. The predicted molar refractivity (Wildman–Crippen MR) is 155 cm³/mol. The number of benzene rings is 2. The third-order valence-corrected chi connectivity index (χ3v) is 6.79. The van der Waals surface area contributed by atoms with Gasteiger partial charge in [0.05, 0.1) is 9.85 Å². The molecule has 2 fully saturated rings. The number of phenolic OH excluding ortho intramolecular Hbond substituents is 2. The van der Waals surface area contributed by atoms with Crippen molar-refractivity contribution in [3.8, 4) is 11.5 Å². The van der Waals surface area contributed by atoms with Crippen molar-refractivity contribution in [3.63, 3.8) is 0 Å². The molecule has 2 heterocycles. The Balaban J connectivity index is 0.000000280. The predicted octanol–water partition coefficient (Wildman–Crippen LogP) is 6.07. The Morgan fingerprint density at radius 1 is 0.780 bits per heavy atom. The van der Waals surface area contributed by atoms with E-state index in [0.717, 1.165) is 38.5 Å². The molecule has 0 radical (unpaired) electrons. The van der Waals surface area contributed by atoms with Crippen molar-refractivity contribution in [2.75, 3.05) is 13.1 Å². The number of aromatic hydroxyl groups is 2. The topological polar surface area (TPSA) is 180 Å². The van der Waals surface area contributed by atoms with Gasteiger partial charge in [-0.05, 0) is 12.1 Å². The first-order valence-corrected chi connectivity index (χ1v) is 13.5. The second-order valence-corrected chi connectivity index (χ2v) is 10.2. The summed E-state index contributed by atoms with van der Waals surface area (Å²) in [6.45, 7) is 5.32. The standard InChI is InChI=1S/2C14H18N3O3.Ni/c2*1-10-3-2-4-12(16-10)9-15-8-11-7-13(17(19)20)5-6-14(11)18;/h2*5-8,10,12,18H,2-4,9H2,1H3;/q2*-1;+2. The molecule has 2 saturated heterocycles. The molecule has 0 saturated carbocycles. The number of piperidine rings is 2. The van der Waals surface area contributed by atoms with Crippen molar-refractivity contribution in [1.29, 1.82) is 0 Å². The molecule has 0 spiro atoms. The second-order valence-electron chi connectivity index (χ2n) is 10.2. The maximum atomic E-state index is 10.7. The van der Waals surface area contributed by atoms with Gasteiger partial charge in [0.25, 0.3) is 11.4 Å². The van der Waals surface area contributed by atoms with Crippen LogP contribution in [-0.4, -0.2) is 69.7 Å². The normalized spacial score (nSPS) is 22.5. The summed E-state index contributed by atoms with van der Waals surface area (Å²) in [6, 6.07) is 9.00. The van der Waals surface area contributed by atoms with Crippen LogP contribution >= 0.6 is 0 Å². The van der Waals surface area contributed by atoms with Crippen LogP contribution in [0.1, 0.15) is 63.5 Å². The molecule has 2 N–H and O–H groups in total. The molecule has 2 aliphatic rings. The molecule has 224 valence electrons. The van der Waals surface area contributed by atoms with E-state index in [1.807, 2.05) is 0 Å². The van der Waals surface area contributed by atoms with Crippen LogP contribution in [-0.2, 0) is 16.5 Å². The zero-order chi connectivity index (χ0) is 29.1. The summed E-state index contributed by atoms with van der Waals surface area (Å²) in [5.41, 5.74) is 0.617. The molecule has 2 aromatic carbocycles. The SMILES string of the molecule is CC1CCCC(CN=Cc2cc([N+](=O)[O-])ccc2O)[N-]1.CC1CCCC(CN=Cc2cc([N+](=O)[O-])ccc2O)[N-]1.[Ni+2]. The first-order valence-electron chi connectivity index (χ1n) is 13.5. The van der Waals surface area contributed by atoms with E-state index in [-0.39, 0.29) is 51.4 Å². The summed E-state index contributed by atoms with van der Waals surface area (Å²) in [7, 11) is 0. The molecule has 0 amide bonds. The van der Waals surface area contributed by atoms with Crippen molar-refractivity contribution >= 4 is 23.8 Å². The van der Waals surface area contributed by atoms with Crippen LogP contribution in [0.15, 0.2) is 46.4 Å². The van der Waals surface area contributed by atoms with Gasteiger partial charge in [0.15, 0.2) is 0 Å². The number of nitro groups is 2. The Hall–Kier alpha value is -3.41. The molecule has 41 heavy (non-hydrogen) atoms. The van der Waals surface area contributed by atoms with Gasteiger partial charge >= 0.3 is 16.5 Å². The number of non-ortho nitro benzene ring substituents is 2. The van der Waals surface area contributed by atoms with E-state index in [1.165, 1.54) is 48.8 Å².